The van der Waals surface area contributed by atoms with Gasteiger partial charge < -0.3 is 5.32 Å². The van der Waals surface area contributed by atoms with Gasteiger partial charge in [0.15, 0.2) is 0 Å². The van der Waals surface area contributed by atoms with Crippen LogP contribution >= 0.6 is 0 Å². The molecule has 0 radical (unpaired) electrons. The van der Waals surface area contributed by atoms with E-state index in [4.69, 9.17) is 0 Å². The number of aryl methyl sites for hydroxylation is 1. The van der Waals surface area contributed by atoms with Crippen LogP contribution in [0.3, 0.4) is 0 Å². The van der Waals surface area contributed by atoms with Crippen molar-refractivity contribution in [1.29, 1.82) is 0 Å². The summed E-state index contributed by atoms with van der Waals surface area (Å²) in [6, 6.07) is 4.92. The highest BCUT2D eigenvalue weighted by Crippen LogP contribution is 2.15. The lowest BCUT2D eigenvalue weighted by molar-refractivity contribution is 0.315. The maximum absolute atomic E-state index is 4.54. The monoisotopic (exact) mass is 247 g/mol. The summed E-state index contributed by atoms with van der Waals surface area (Å²) < 4.78 is 0. The van der Waals surface area contributed by atoms with E-state index in [-0.39, 0.29) is 0 Å². The van der Waals surface area contributed by atoms with E-state index in [0.717, 1.165) is 19.5 Å². The van der Waals surface area contributed by atoms with Crippen molar-refractivity contribution < 1.29 is 0 Å². The Morgan fingerprint density at radius 2 is 2.33 bits per heavy atom. The molecule has 0 aromatic carbocycles. The highest BCUT2D eigenvalue weighted by Gasteiger charge is 2.22. The van der Waals surface area contributed by atoms with Crippen LogP contribution in [-0.2, 0) is 13.0 Å². The van der Waals surface area contributed by atoms with Crippen molar-refractivity contribution in [2.24, 2.45) is 0 Å². The second-order valence-electron chi connectivity index (χ2n) is 5.14. The molecule has 1 aromatic heterocycles. The van der Waals surface area contributed by atoms with Crippen LogP contribution < -0.4 is 5.32 Å². The summed E-state index contributed by atoms with van der Waals surface area (Å²) in [5, 5.41) is 3.61. The number of nitrogens with zero attached hydrogens (tertiary/aromatic N) is 2. The highest BCUT2D eigenvalue weighted by atomic mass is 15.2. The second-order valence-corrected chi connectivity index (χ2v) is 5.14. The van der Waals surface area contributed by atoms with Gasteiger partial charge in [-0.05, 0) is 37.4 Å². The maximum atomic E-state index is 4.54. The third-order valence-corrected chi connectivity index (χ3v) is 3.69. The van der Waals surface area contributed by atoms with Gasteiger partial charge in [0.25, 0.3) is 0 Å². The topological polar surface area (TPSA) is 28.2 Å². The molecule has 1 fully saturated rings. The third kappa shape index (κ3) is 3.53. The molecule has 1 saturated heterocycles. The molecule has 2 rings (SSSR count). The number of aromatic nitrogens is 1. The zero-order valence-corrected chi connectivity index (χ0v) is 11.7. The van der Waals surface area contributed by atoms with Crippen LogP contribution in [0.4, 0.5) is 0 Å². The lowest BCUT2D eigenvalue weighted by Crippen LogP contribution is -2.33. The molecule has 1 aliphatic rings. The first-order chi connectivity index (χ1) is 8.83. The Kier molecular flexibility index (Phi) is 5.14. The van der Waals surface area contributed by atoms with Crippen molar-refractivity contribution in [2.75, 3.05) is 19.6 Å². The summed E-state index contributed by atoms with van der Waals surface area (Å²) in [5.74, 6) is 0. The molecule has 1 unspecified atom stereocenters. The number of pyridine rings is 1. The van der Waals surface area contributed by atoms with Gasteiger partial charge in [-0.3, -0.25) is 9.88 Å². The van der Waals surface area contributed by atoms with Gasteiger partial charge in [-0.1, -0.05) is 19.9 Å². The zero-order chi connectivity index (χ0) is 12.8. The molecule has 3 heteroatoms. The lowest BCUT2D eigenvalue weighted by Gasteiger charge is -2.17. The van der Waals surface area contributed by atoms with Crippen LogP contribution in [0, 0.1) is 0 Å². The maximum Gasteiger partial charge on any atom is 0.0575 e. The molecule has 1 aromatic rings. The minimum atomic E-state index is 0.679. The molecule has 1 N–H and O–H groups in total. The van der Waals surface area contributed by atoms with Crippen LogP contribution in [0.1, 0.15) is 37.9 Å². The Hall–Kier alpha value is -0.930. The average molecular weight is 247 g/mol. The van der Waals surface area contributed by atoms with Crippen LogP contribution in [0.2, 0.25) is 0 Å². The number of nitrogens with one attached hydrogen (secondary N) is 1. The van der Waals surface area contributed by atoms with E-state index in [2.05, 4.69) is 35.1 Å². The van der Waals surface area contributed by atoms with Gasteiger partial charge in [-0.25, -0.2) is 0 Å². The summed E-state index contributed by atoms with van der Waals surface area (Å²) in [4.78, 5) is 7.06. The van der Waals surface area contributed by atoms with Crippen molar-refractivity contribution in [2.45, 2.75) is 45.7 Å². The third-order valence-electron chi connectivity index (χ3n) is 3.69. The molecule has 3 nitrogen and oxygen atoms in total. The minimum Gasteiger partial charge on any atom is -0.313 e. The molecule has 0 amide bonds. The molecule has 18 heavy (non-hydrogen) atoms. The molecule has 1 aliphatic heterocycles. The number of likely N-dealkylation sites (tertiary alicyclic amines) is 1. The summed E-state index contributed by atoms with van der Waals surface area (Å²) in [6.45, 7) is 8.94. The number of rotatable bonds is 6. The summed E-state index contributed by atoms with van der Waals surface area (Å²) in [5.41, 5.74) is 2.65. The van der Waals surface area contributed by atoms with Gasteiger partial charge >= 0.3 is 0 Å². The Balaban J connectivity index is 1.87. The molecule has 0 saturated carbocycles. The molecular formula is C15H25N3. The molecule has 0 spiro atoms. The van der Waals surface area contributed by atoms with Gasteiger partial charge in [-0.15, -0.1) is 0 Å². The smallest absolute Gasteiger partial charge is 0.0575 e. The predicted octanol–water partition coefficient (Wildman–Crippen LogP) is 2.22. The van der Waals surface area contributed by atoms with Crippen LogP contribution in [0.5, 0.6) is 0 Å². The second kappa shape index (κ2) is 6.86. The largest absolute Gasteiger partial charge is 0.313 e. The number of hydrogen-bond donors (Lipinski definition) is 1. The van der Waals surface area contributed by atoms with Gasteiger partial charge in [0.1, 0.15) is 0 Å². The van der Waals surface area contributed by atoms with Crippen molar-refractivity contribution in [1.82, 2.24) is 15.2 Å². The van der Waals surface area contributed by atoms with Crippen molar-refractivity contribution in [3.05, 3.63) is 29.6 Å². The standard InChI is InChI=1S/C15H25N3/c1-3-8-16-14-7-10-18(11-14)12-15-13(4-2)6-5-9-17-15/h5-6,9,14,16H,3-4,7-8,10-12H2,1-2H3. The predicted molar refractivity (Wildman–Crippen MR) is 75.6 cm³/mol. The number of hydrogen-bond acceptors (Lipinski definition) is 3. The molecule has 0 aliphatic carbocycles. The first kappa shape index (κ1) is 13.5. The van der Waals surface area contributed by atoms with Crippen molar-refractivity contribution >= 4 is 0 Å². The van der Waals surface area contributed by atoms with Crippen LogP contribution in [0.25, 0.3) is 0 Å². The molecule has 0 bridgehead atoms. The van der Waals surface area contributed by atoms with Gasteiger partial charge in [0, 0.05) is 31.9 Å². The Bertz CT molecular complexity index is 365. The van der Waals surface area contributed by atoms with E-state index in [1.54, 1.807) is 0 Å². The molecule has 2 heterocycles. The first-order valence-electron chi connectivity index (χ1n) is 7.22. The SMILES string of the molecule is CCCNC1CCN(Cc2ncccc2CC)C1. The minimum absolute atomic E-state index is 0.679. The van der Waals surface area contributed by atoms with Gasteiger partial charge in [-0.2, -0.15) is 0 Å². The van der Waals surface area contributed by atoms with Crippen LogP contribution in [-0.4, -0.2) is 35.6 Å². The van der Waals surface area contributed by atoms with Crippen LogP contribution in [0.15, 0.2) is 18.3 Å². The fraction of sp³-hybridized carbons (Fsp3) is 0.667. The van der Waals surface area contributed by atoms with Gasteiger partial charge in [0.05, 0.1) is 5.69 Å². The average Bonchev–Trinajstić information content (AvgIpc) is 2.84. The first-order valence-corrected chi connectivity index (χ1v) is 7.22. The summed E-state index contributed by atoms with van der Waals surface area (Å²) in [7, 11) is 0. The van der Waals surface area contributed by atoms with E-state index < -0.39 is 0 Å². The fourth-order valence-electron chi connectivity index (χ4n) is 2.64. The van der Waals surface area contributed by atoms with Crippen molar-refractivity contribution in [3.63, 3.8) is 0 Å². The Morgan fingerprint density at radius 1 is 1.44 bits per heavy atom. The zero-order valence-electron chi connectivity index (χ0n) is 11.7. The highest BCUT2D eigenvalue weighted by molar-refractivity contribution is 5.19. The Morgan fingerprint density at radius 3 is 3.11 bits per heavy atom. The molecule has 100 valence electrons. The van der Waals surface area contributed by atoms with E-state index in [0.29, 0.717) is 6.04 Å². The van der Waals surface area contributed by atoms with Crippen molar-refractivity contribution in [3.8, 4) is 0 Å². The quantitative estimate of drug-likeness (QED) is 0.835. The molecule has 1 atom stereocenters. The van der Waals surface area contributed by atoms with E-state index in [9.17, 15) is 0 Å². The van der Waals surface area contributed by atoms with Gasteiger partial charge in [0.2, 0.25) is 0 Å². The fourth-order valence-corrected chi connectivity index (χ4v) is 2.64. The summed E-state index contributed by atoms with van der Waals surface area (Å²) in [6.07, 6.45) is 5.48. The Labute approximate surface area is 111 Å². The summed E-state index contributed by atoms with van der Waals surface area (Å²) >= 11 is 0. The lowest BCUT2D eigenvalue weighted by atomic mass is 10.1. The normalized spacial score (nSPS) is 20.4. The van der Waals surface area contributed by atoms with E-state index in [1.165, 1.54) is 37.2 Å². The van der Waals surface area contributed by atoms with E-state index >= 15 is 0 Å². The molecular weight excluding hydrogens is 222 g/mol. The van der Waals surface area contributed by atoms with E-state index in [1.807, 2.05) is 12.3 Å².